The zero-order valence-electron chi connectivity index (χ0n) is 14.1. The van der Waals surface area contributed by atoms with E-state index in [4.69, 9.17) is 9.97 Å². The van der Waals surface area contributed by atoms with Gasteiger partial charge in [-0.2, -0.15) is 0 Å². The van der Waals surface area contributed by atoms with Gasteiger partial charge in [0.15, 0.2) is 0 Å². The average Bonchev–Trinajstić information content (AvgIpc) is 2.73. The van der Waals surface area contributed by atoms with Crippen LogP contribution in [-0.4, -0.2) is 9.97 Å². The first-order valence-corrected chi connectivity index (χ1v) is 8.69. The molecule has 0 aliphatic rings. The summed E-state index contributed by atoms with van der Waals surface area (Å²) in [5.41, 5.74) is 6.18. The molecule has 2 nitrogen and oxygen atoms in total. The fourth-order valence-electron chi connectivity index (χ4n) is 3.29. The van der Waals surface area contributed by atoms with Gasteiger partial charge in [-0.05, 0) is 30.3 Å². The molecule has 2 heterocycles. The third kappa shape index (κ3) is 2.62. The third-order valence-corrected chi connectivity index (χ3v) is 4.65. The lowest BCUT2D eigenvalue weighted by Gasteiger charge is -2.07. The van der Waals surface area contributed by atoms with Gasteiger partial charge >= 0.3 is 0 Å². The molecule has 26 heavy (non-hydrogen) atoms. The minimum absolute atomic E-state index is 0.978. The summed E-state index contributed by atoms with van der Waals surface area (Å²) in [6.07, 6.45) is 0. The molecule has 3 aromatic carbocycles. The Hall–Kier alpha value is -3.52. The molecular weight excluding hydrogens is 316 g/mol. The van der Waals surface area contributed by atoms with Crippen LogP contribution in [0.1, 0.15) is 0 Å². The van der Waals surface area contributed by atoms with Gasteiger partial charge in [-0.3, -0.25) is 0 Å². The van der Waals surface area contributed by atoms with Crippen molar-refractivity contribution in [3.05, 3.63) is 97.1 Å². The predicted molar refractivity (Wildman–Crippen MR) is 108 cm³/mol. The molecule has 0 amide bonds. The Labute approximate surface area is 151 Å². The van der Waals surface area contributed by atoms with Gasteiger partial charge < -0.3 is 0 Å². The Morgan fingerprint density at radius 3 is 1.46 bits per heavy atom. The molecule has 5 aromatic rings. The first-order valence-electron chi connectivity index (χ1n) is 8.69. The Balaban J connectivity index is 1.60. The molecule has 0 aliphatic carbocycles. The minimum atomic E-state index is 0.978. The highest BCUT2D eigenvalue weighted by molar-refractivity contribution is 5.84. The largest absolute Gasteiger partial charge is 0.248 e. The first-order chi connectivity index (χ1) is 12.9. The maximum Gasteiger partial charge on any atom is 0.0709 e. The molecule has 5 rings (SSSR count). The number of para-hydroxylation sites is 2. The van der Waals surface area contributed by atoms with Crippen LogP contribution in [0.3, 0.4) is 0 Å². The summed E-state index contributed by atoms with van der Waals surface area (Å²) in [5.74, 6) is 0. The Morgan fingerprint density at radius 2 is 0.923 bits per heavy atom. The van der Waals surface area contributed by atoms with Crippen molar-refractivity contribution in [1.82, 2.24) is 9.97 Å². The SMILES string of the molecule is c1cc(-c2ccc3ccccc3n2)cc(-c2ccc3ccccc3n2)c1. The number of rotatable bonds is 2. The summed E-state index contributed by atoms with van der Waals surface area (Å²) in [7, 11) is 0. The number of nitrogens with zero attached hydrogens (tertiary/aromatic N) is 2. The maximum atomic E-state index is 4.81. The topological polar surface area (TPSA) is 25.8 Å². The van der Waals surface area contributed by atoms with E-state index in [1.807, 2.05) is 36.4 Å². The van der Waals surface area contributed by atoms with Crippen LogP contribution in [0.5, 0.6) is 0 Å². The molecule has 0 bridgehead atoms. The van der Waals surface area contributed by atoms with Crippen LogP contribution in [0.15, 0.2) is 97.1 Å². The number of hydrogen-bond donors (Lipinski definition) is 0. The summed E-state index contributed by atoms with van der Waals surface area (Å²) < 4.78 is 0. The van der Waals surface area contributed by atoms with E-state index in [0.29, 0.717) is 0 Å². The third-order valence-electron chi connectivity index (χ3n) is 4.65. The number of fused-ring (bicyclic) bond motifs is 2. The molecule has 2 aromatic heterocycles. The van der Waals surface area contributed by atoms with Crippen molar-refractivity contribution in [2.45, 2.75) is 0 Å². The second kappa shape index (κ2) is 6.08. The molecule has 0 aliphatic heterocycles. The van der Waals surface area contributed by atoms with E-state index in [9.17, 15) is 0 Å². The lowest BCUT2D eigenvalue weighted by Crippen LogP contribution is -1.88. The van der Waals surface area contributed by atoms with Crippen molar-refractivity contribution in [2.75, 3.05) is 0 Å². The van der Waals surface area contributed by atoms with Crippen molar-refractivity contribution in [3.8, 4) is 22.5 Å². The summed E-state index contributed by atoms with van der Waals surface area (Å²) >= 11 is 0. The van der Waals surface area contributed by atoms with Crippen LogP contribution >= 0.6 is 0 Å². The summed E-state index contributed by atoms with van der Waals surface area (Å²) in [5, 5.41) is 2.31. The fourth-order valence-corrected chi connectivity index (χ4v) is 3.29. The van der Waals surface area contributed by atoms with Crippen molar-refractivity contribution in [1.29, 1.82) is 0 Å². The molecule has 0 saturated carbocycles. The second-order valence-electron chi connectivity index (χ2n) is 6.36. The molecule has 0 atom stereocenters. The maximum absolute atomic E-state index is 4.81. The molecular formula is C24H16N2. The molecule has 0 fully saturated rings. The molecule has 0 unspecified atom stereocenters. The normalized spacial score (nSPS) is 11.1. The van der Waals surface area contributed by atoms with E-state index in [2.05, 4.69) is 60.7 Å². The number of hydrogen-bond acceptors (Lipinski definition) is 2. The van der Waals surface area contributed by atoms with Crippen LogP contribution in [0.25, 0.3) is 44.3 Å². The van der Waals surface area contributed by atoms with Crippen LogP contribution in [0.4, 0.5) is 0 Å². The average molecular weight is 332 g/mol. The summed E-state index contributed by atoms with van der Waals surface area (Å²) in [6.45, 7) is 0. The van der Waals surface area contributed by atoms with Gasteiger partial charge in [0.05, 0.1) is 22.4 Å². The van der Waals surface area contributed by atoms with Gasteiger partial charge in [0.2, 0.25) is 0 Å². The van der Waals surface area contributed by atoms with Gasteiger partial charge in [0.25, 0.3) is 0 Å². The number of aromatic nitrogens is 2. The highest BCUT2D eigenvalue weighted by atomic mass is 14.7. The molecule has 0 radical (unpaired) electrons. The molecule has 122 valence electrons. The molecule has 0 saturated heterocycles. The van der Waals surface area contributed by atoms with Crippen molar-refractivity contribution < 1.29 is 0 Å². The van der Waals surface area contributed by atoms with E-state index < -0.39 is 0 Å². The predicted octanol–water partition coefficient (Wildman–Crippen LogP) is 6.12. The van der Waals surface area contributed by atoms with E-state index in [1.54, 1.807) is 0 Å². The van der Waals surface area contributed by atoms with Gasteiger partial charge in [0, 0.05) is 21.9 Å². The lowest BCUT2D eigenvalue weighted by molar-refractivity contribution is 1.38. The van der Waals surface area contributed by atoms with Crippen LogP contribution < -0.4 is 0 Å². The molecule has 0 N–H and O–H groups in total. The van der Waals surface area contributed by atoms with E-state index in [-0.39, 0.29) is 0 Å². The Bertz CT molecular complexity index is 1150. The zero-order chi connectivity index (χ0) is 17.3. The minimum Gasteiger partial charge on any atom is -0.248 e. The highest BCUT2D eigenvalue weighted by Crippen LogP contribution is 2.27. The standard InChI is InChI=1S/C24H16N2/c1-3-10-21-17(6-1)12-14-23(25-21)19-8-5-9-20(16-19)24-15-13-18-7-2-4-11-22(18)26-24/h1-16H. The van der Waals surface area contributed by atoms with Gasteiger partial charge in [-0.25, -0.2) is 9.97 Å². The quantitative estimate of drug-likeness (QED) is 0.389. The van der Waals surface area contributed by atoms with E-state index >= 15 is 0 Å². The number of pyridine rings is 2. The van der Waals surface area contributed by atoms with Gasteiger partial charge in [-0.15, -0.1) is 0 Å². The van der Waals surface area contributed by atoms with E-state index in [1.165, 1.54) is 0 Å². The monoisotopic (exact) mass is 332 g/mol. The summed E-state index contributed by atoms with van der Waals surface area (Å²) in [6, 6.07) is 33.2. The zero-order valence-corrected chi connectivity index (χ0v) is 14.1. The van der Waals surface area contributed by atoms with Crippen molar-refractivity contribution in [2.24, 2.45) is 0 Å². The highest BCUT2D eigenvalue weighted by Gasteiger charge is 2.06. The smallest absolute Gasteiger partial charge is 0.0709 e. The van der Waals surface area contributed by atoms with Crippen LogP contribution in [-0.2, 0) is 0 Å². The van der Waals surface area contributed by atoms with Gasteiger partial charge in [-0.1, -0.05) is 66.7 Å². The molecule has 0 spiro atoms. The van der Waals surface area contributed by atoms with Crippen molar-refractivity contribution >= 4 is 21.8 Å². The van der Waals surface area contributed by atoms with Gasteiger partial charge in [0.1, 0.15) is 0 Å². The van der Waals surface area contributed by atoms with Crippen LogP contribution in [0, 0.1) is 0 Å². The Kier molecular flexibility index (Phi) is 3.46. The van der Waals surface area contributed by atoms with E-state index in [0.717, 1.165) is 44.3 Å². The van der Waals surface area contributed by atoms with Crippen LogP contribution in [0.2, 0.25) is 0 Å². The fraction of sp³-hybridized carbons (Fsp3) is 0. The summed E-state index contributed by atoms with van der Waals surface area (Å²) in [4.78, 5) is 9.62. The first kappa shape index (κ1) is 14.8. The Morgan fingerprint density at radius 1 is 0.423 bits per heavy atom. The number of benzene rings is 3. The van der Waals surface area contributed by atoms with Crippen molar-refractivity contribution in [3.63, 3.8) is 0 Å². The second-order valence-corrected chi connectivity index (χ2v) is 6.36. The molecule has 2 heteroatoms. The lowest BCUT2D eigenvalue weighted by atomic mass is 10.0.